The van der Waals surface area contributed by atoms with Crippen LogP contribution in [0.15, 0.2) is 34.5 Å². The molecule has 1 amide bonds. The van der Waals surface area contributed by atoms with E-state index in [1.165, 1.54) is 18.9 Å². The Balaban J connectivity index is 2.24. The lowest BCUT2D eigenvalue weighted by Crippen LogP contribution is -2.40. The third-order valence-electron chi connectivity index (χ3n) is 4.66. The molecule has 27 heavy (non-hydrogen) atoms. The topological polar surface area (TPSA) is 77.4 Å². The Morgan fingerprint density at radius 1 is 1.26 bits per heavy atom. The maximum absolute atomic E-state index is 13.0. The maximum Gasteiger partial charge on any atom is 0.338 e. The quantitative estimate of drug-likeness (QED) is 0.720. The van der Waals surface area contributed by atoms with Crippen molar-refractivity contribution in [2.75, 3.05) is 21.3 Å². The second kappa shape index (κ2) is 7.64. The molecule has 2 aliphatic heterocycles. The van der Waals surface area contributed by atoms with Crippen LogP contribution in [0.1, 0.15) is 31.9 Å². The van der Waals surface area contributed by atoms with Crippen LogP contribution in [-0.4, -0.2) is 48.5 Å². The number of allylic oxidation sites excluding steroid dienone is 1. The number of benzene rings is 1. The van der Waals surface area contributed by atoms with Gasteiger partial charge in [0.05, 0.1) is 37.8 Å². The van der Waals surface area contributed by atoms with E-state index in [1.807, 2.05) is 6.92 Å². The van der Waals surface area contributed by atoms with Crippen molar-refractivity contribution in [1.29, 1.82) is 0 Å². The Bertz CT molecular complexity index is 849. The Kier molecular flexibility index (Phi) is 5.46. The van der Waals surface area contributed by atoms with E-state index in [2.05, 4.69) is 4.99 Å². The van der Waals surface area contributed by atoms with Crippen LogP contribution in [0.4, 0.5) is 0 Å². The summed E-state index contributed by atoms with van der Waals surface area (Å²) in [4.78, 5) is 31.7. The molecule has 2 atom stereocenters. The lowest BCUT2D eigenvalue weighted by molar-refractivity contribution is -0.137. The van der Waals surface area contributed by atoms with E-state index in [0.29, 0.717) is 39.9 Å². The number of carbonyl (C=O) groups excluding carboxylic acids is 2. The average molecular weight is 390 g/mol. The molecule has 0 N–H and O–H groups in total. The third kappa shape index (κ3) is 3.18. The summed E-state index contributed by atoms with van der Waals surface area (Å²) in [6.45, 7) is 3.71. The number of nitrogens with zero attached hydrogens (tertiary/aromatic N) is 2. The van der Waals surface area contributed by atoms with Gasteiger partial charge in [-0.2, -0.15) is 0 Å². The summed E-state index contributed by atoms with van der Waals surface area (Å²) in [5.74, 6) is 0.546. The van der Waals surface area contributed by atoms with Gasteiger partial charge < -0.3 is 14.2 Å². The highest BCUT2D eigenvalue weighted by molar-refractivity contribution is 8.15. The predicted octanol–water partition coefficient (Wildman–Crippen LogP) is 2.92. The number of amidine groups is 1. The van der Waals surface area contributed by atoms with Gasteiger partial charge in [-0.1, -0.05) is 18.7 Å². The summed E-state index contributed by atoms with van der Waals surface area (Å²) in [5.41, 5.74) is 1.49. The number of ether oxygens (including phenoxy) is 3. The fourth-order valence-corrected chi connectivity index (χ4v) is 4.44. The molecule has 3 rings (SSSR count). The van der Waals surface area contributed by atoms with Gasteiger partial charge in [-0.15, -0.1) is 0 Å². The van der Waals surface area contributed by atoms with E-state index in [1.54, 1.807) is 44.2 Å². The van der Waals surface area contributed by atoms with E-state index in [9.17, 15) is 9.59 Å². The molecule has 2 aliphatic rings. The number of rotatable bonds is 5. The van der Waals surface area contributed by atoms with Gasteiger partial charge in [0.1, 0.15) is 17.5 Å². The Labute approximate surface area is 162 Å². The van der Waals surface area contributed by atoms with Gasteiger partial charge in [0.25, 0.3) is 0 Å². The van der Waals surface area contributed by atoms with E-state index < -0.39 is 12.0 Å². The standard InChI is InChI=1S/C19H22N2O5S/c1-6-14-17(22)21-16(12-9-11(24-3)7-8-13(12)25-4)15(18(23)26-5)10(2)20-19(21)27-14/h7-9,14,16H,6H2,1-5H3. The first-order valence-electron chi connectivity index (χ1n) is 8.56. The molecule has 0 aliphatic carbocycles. The molecule has 2 unspecified atom stereocenters. The van der Waals surface area contributed by atoms with Gasteiger partial charge in [-0.05, 0) is 31.5 Å². The van der Waals surface area contributed by atoms with Crippen molar-refractivity contribution in [1.82, 2.24) is 4.90 Å². The zero-order valence-corrected chi connectivity index (χ0v) is 16.8. The van der Waals surface area contributed by atoms with E-state index in [0.717, 1.165) is 0 Å². The molecule has 1 fully saturated rings. The number of fused-ring (bicyclic) bond motifs is 1. The summed E-state index contributed by atoms with van der Waals surface area (Å²) >= 11 is 1.42. The molecular formula is C19H22N2O5S. The highest BCUT2D eigenvalue weighted by Crippen LogP contribution is 2.46. The first-order valence-corrected chi connectivity index (χ1v) is 9.44. The van der Waals surface area contributed by atoms with Gasteiger partial charge in [0.15, 0.2) is 5.17 Å². The average Bonchev–Trinajstić information content (AvgIpc) is 3.00. The molecule has 0 saturated carbocycles. The van der Waals surface area contributed by atoms with Crippen LogP contribution in [0.5, 0.6) is 11.5 Å². The minimum Gasteiger partial charge on any atom is -0.497 e. The number of amides is 1. The van der Waals surface area contributed by atoms with Crippen LogP contribution in [0, 0.1) is 0 Å². The van der Waals surface area contributed by atoms with E-state index >= 15 is 0 Å². The fraction of sp³-hybridized carbons (Fsp3) is 0.421. The van der Waals surface area contributed by atoms with Crippen LogP contribution in [0.2, 0.25) is 0 Å². The van der Waals surface area contributed by atoms with Gasteiger partial charge in [0.2, 0.25) is 5.91 Å². The van der Waals surface area contributed by atoms with Gasteiger partial charge in [-0.3, -0.25) is 9.69 Å². The minimum atomic E-state index is -0.688. The number of carbonyl (C=O) groups is 2. The lowest BCUT2D eigenvalue weighted by Gasteiger charge is -2.33. The molecule has 0 spiro atoms. The molecule has 2 heterocycles. The monoisotopic (exact) mass is 390 g/mol. The number of aliphatic imine (C=N–C) groups is 1. The molecule has 8 heteroatoms. The summed E-state index contributed by atoms with van der Waals surface area (Å²) in [7, 11) is 4.43. The van der Waals surface area contributed by atoms with E-state index in [4.69, 9.17) is 14.2 Å². The Morgan fingerprint density at radius 3 is 2.59 bits per heavy atom. The molecular weight excluding hydrogens is 368 g/mol. The third-order valence-corrected chi connectivity index (χ3v) is 5.98. The summed E-state index contributed by atoms with van der Waals surface area (Å²) in [5, 5.41) is 0.361. The van der Waals surface area contributed by atoms with E-state index in [-0.39, 0.29) is 11.2 Å². The van der Waals surface area contributed by atoms with Crippen LogP contribution in [0.3, 0.4) is 0 Å². The summed E-state index contributed by atoms with van der Waals surface area (Å²) in [6.07, 6.45) is 0.674. The second-order valence-electron chi connectivity index (χ2n) is 6.12. The highest BCUT2D eigenvalue weighted by atomic mass is 32.2. The molecule has 0 bridgehead atoms. The fourth-order valence-electron chi connectivity index (χ4n) is 3.31. The van der Waals surface area contributed by atoms with Crippen molar-refractivity contribution in [3.05, 3.63) is 35.0 Å². The number of hydrogen-bond acceptors (Lipinski definition) is 7. The van der Waals surface area contributed by atoms with Gasteiger partial charge in [0, 0.05) is 5.56 Å². The molecule has 1 aromatic rings. The number of hydrogen-bond donors (Lipinski definition) is 0. The zero-order chi connectivity index (χ0) is 19.7. The van der Waals surface area contributed by atoms with Crippen LogP contribution in [-0.2, 0) is 14.3 Å². The first-order chi connectivity index (χ1) is 13.0. The summed E-state index contributed by atoms with van der Waals surface area (Å²) in [6, 6.07) is 4.62. The van der Waals surface area contributed by atoms with Crippen LogP contribution >= 0.6 is 11.8 Å². The predicted molar refractivity (Wildman–Crippen MR) is 103 cm³/mol. The lowest BCUT2D eigenvalue weighted by atomic mass is 9.93. The van der Waals surface area contributed by atoms with Crippen molar-refractivity contribution in [3.63, 3.8) is 0 Å². The maximum atomic E-state index is 13.0. The largest absolute Gasteiger partial charge is 0.497 e. The molecule has 0 aromatic heterocycles. The smallest absolute Gasteiger partial charge is 0.338 e. The first kappa shape index (κ1) is 19.3. The van der Waals surface area contributed by atoms with Crippen molar-refractivity contribution < 1.29 is 23.8 Å². The second-order valence-corrected chi connectivity index (χ2v) is 7.29. The molecule has 0 radical (unpaired) electrons. The molecule has 144 valence electrons. The van der Waals surface area contributed by atoms with Gasteiger partial charge in [-0.25, -0.2) is 9.79 Å². The normalized spacial score (nSPS) is 21.7. The van der Waals surface area contributed by atoms with Crippen LogP contribution < -0.4 is 9.47 Å². The molecule has 1 aromatic carbocycles. The van der Waals surface area contributed by atoms with Crippen molar-refractivity contribution in [2.24, 2.45) is 4.99 Å². The zero-order valence-electron chi connectivity index (χ0n) is 15.9. The number of esters is 1. The van der Waals surface area contributed by atoms with Crippen molar-refractivity contribution in [2.45, 2.75) is 31.6 Å². The molecule has 1 saturated heterocycles. The molecule has 7 nitrogen and oxygen atoms in total. The minimum absolute atomic E-state index is 0.0787. The Morgan fingerprint density at radius 2 is 2.00 bits per heavy atom. The van der Waals surface area contributed by atoms with Crippen molar-refractivity contribution in [3.8, 4) is 11.5 Å². The van der Waals surface area contributed by atoms with Crippen LogP contribution in [0.25, 0.3) is 0 Å². The SMILES string of the molecule is CCC1SC2=NC(C)=C(C(=O)OC)C(c3cc(OC)ccc3OC)N2C1=O. The highest BCUT2D eigenvalue weighted by Gasteiger charge is 2.48. The number of methoxy groups -OCH3 is 3. The Hall–Kier alpha value is -2.48. The summed E-state index contributed by atoms with van der Waals surface area (Å²) < 4.78 is 15.9. The number of thioether (sulfide) groups is 1. The van der Waals surface area contributed by atoms with Gasteiger partial charge >= 0.3 is 5.97 Å². The van der Waals surface area contributed by atoms with Crippen molar-refractivity contribution >= 4 is 28.8 Å².